The average Bonchev–Trinajstić information content (AvgIpc) is 3.59. The number of aromatic amines is 1. The van der Waals surface area contributed by atoms with E-state index in [0.717, 1.165) is 66.3 Å². The van der Waals surface area contributed by atoms with Crippen molar-refractivity contribution in [1.82, 2.24) is 34.6 Å². The topological polar surface area (TPSA) is 109 Å². The van der Waals surface area contributed by atoms with E-state index in [-0.39, 0.29) is 6.10 Å². The van der Waals surface area contributed by atoms with Crippen molar-refractivity contribution in [3.8, 4) is 11.9 Å². The predicted octanol–water partition coefficient (Wildman–Crippen LogP) is 4.76. The first-order valence-corrected chi connectivity index (χ1v) is 13.3. The summed E-state index contributed by atoms with van der Waals surface area (Å²) in [7, 11) is 0. The monoisotopic (exact) mass is 538 g/mol. The largest absolute Gasteiger partial charge is 0.474 e. The molecule has 5 aromatic rings. The van der Waals surface area contributed by atoms with Gasteiger partial charge in [-0.3, -0.25) is 10.00 Å². The maximum atomic E-state index is 9.33. The van der Waals surface area contributed by atoms with Gasteiger partial charge in [-0.2, -0.15) is 15.3 Å². The van der Waals surface area contributed by atoms with E-state index < -0.39 is 0 Å². The Hall–Kier alpha value is -4.26. The minimum atomic E-state index is 0.0995. The number of rotatable bonds is 8. The quantitative estimate of drug-likeness (QED) is 0.303. The van der Waals surface area contributed by atoms with E-state index in [4.69, 9.17) is 21.3 Å². The van der Waals surface area contributed by atoms with Crippen molar-refractivity contribution in [2.45, 2.75) is 38.5 Å². The number of piperidine rings is 1. The molecule has 0 bridgehead atoms. The predicted molar refractivity (Wildman–Crippen MR) is 147 cm³/mol. The highest BCUT2D eigenvalue weighted by Gasteiger charge is 2.23. The number of nitrogens with zero attached hydrogens (tertiary/aromatic N) is 7. The second-order valence-corrected chi connectivity index (χ2v) is 10.2. The Morgan fingerprint density at radius 3 is 2.64 bits per heavy atom. The molecule has 2 aromatic carbocycles. The van der Waals surface area contributed by atoms with E-state index in [2.05, 4.69) is 35.7 Å². The van der Waals surface area contributed by atoms with Crippen LogP contribution in [0.15, 0.2) is 67.1 Å². The Balaban J connectivity index is 1.10. The molecule has 4 heterocycles. The van der Waals surface area contributed by atoms with Gasteiger partial charge in [0.2, 0.25) is 5.88 Å². The van der Waals surface area contributed by atoms with E-state index >= 15 is 0 Å². The number of imidazole rings is 1. The Bertz CT molecular complexity index is 1600. The van der Waals surface area contributed by atoms with Crippen LogP contribution in [-0.4, -0.2) is 53.8 Å². The minimum absolute atomic E-state index is 0.0995. The molecule has 1 aliphatic heterocycles. The smallest absolute Gasteiger partial charge is 0.216 e. The van der Waals surface area contributed by atoms with Crippen molar-refractivity contribution in [3.63, 3.8) is 0 Å². The van der Waals surface area contributed by atoms with E-state index in [1.807, 2.05) is 60.9 Å². The van der Waals surface area contributed by atoms with Crippen LogP contribution in [0, 0.1) is 11.3 Å². The molecule has 6 rings (SSSR count). The highest BCUT2D eigenvalue weighted by Crippen LogP contribution is 2.23. The molecule has 0 saturated carbocycles. The molecule has 0 radical (unpaired) electrons. The van der Waals surface area contributed by atoms with Crippen LogP contribution in [0.3, 0.4) is 0 Å². The van der Waals surface area contributed by atoms with Gasteiger partial charge in [0.15, 0.2) is 0 Å². The Kier molecular flexibility index (Phi) is 7.21. The number of H-pyrrole nitrogens is 1. The molecule has 39 heavy (non-hydrogen) atoms. The fourth-order valence-electron chi connectivity index (χ4n) is 4.97. The zero-order valence-electron chi connectivity index (χ0n) is 21.3. The fraction of sp³-hybridized carbons (Fsp3) is 0.276. The molecule has 196 valence electrons. The summed E-state index contributed by atoms with van der Waals surface area (Å²) in [5.41, 5.74) is 4.64. The summed E-state index contributed by atoms with van der Waals surface area (Å²) in [6, 6.07) is 17.4. The molecule has 3 aromatic heterocycles. The highest BCUT2D eigenvalue weighted by molar-refractivity contribution is 6.30. The van der Waals surface area contributed by atoms with Gasteiger partial charge in [-0.15, -0.1) is 0 Å². The van der Waals surface area contributed by atoms with Crippen molar-refractivity contribution in [2.24, 2.45) is 0 Å². The fourth-order valence-corrected chi connectivity index (χ4v) is 5.09. The molecule has 1 fully saturated rings. The first-order valence-electron chi connectivity index (χ1n) is 13.0. The summed E-state index contributed by atoms with van der Waals surface area (Å²) in [6.45, 7) is 3.18. The van der Waals surface area contributed by atoms with Crippen LogP contribution >= 0.6 is 11.6 Å². The zero-order valence-corrected chi connectivity index (χ0v) is 22.1. The molecule has 0 amide bonds. The molecular weight excluding hydrogens is 512 g/mol. The van der Waals surface area contributed by atoms with Gasteiger partial charge < -0.3 is 9.30 Å². The Morgan fingerprint density at radius 2 is 1.87 bits per heavy atom. The molecular formula is C29H27ClN8O. The number of nitrogens with one attached hydrogen (secondary N) is 1. The molecule has 0 aliphatic carbocycles. The lowest BCUT2D eigenvalue weighted by atomic mass is 10.1. The summed E-state index contributed by atoms with van der Waals surface area (Å²) in [4.78, 5) is 16.4. The van der Waals surface area contributed by atoms with Crippen LogP contribution in [0.4, 0.5) is 0 Å². The number of nitriles is 1. The summed E-state index contributed by atoms with van der Waals surface area (Å²) in [6.07, 6.45) is 8.01. The molecule has 9 nitrogen and oxygen atoms in total. The summed E-state index contributed by atoms with van der Waals surface area (Å²) < 4.78 is 8.47. The molecule has 10 heteroatoms. The van der Waals surface area contributed by atoms with E-state index in [1.165, 1.54) is 0 Å². The number of halogens is 1. The van der Waals surface area contributed by atoms with Gasteiger partial charge in [0.25, 0.3) is 0 Å². The first-order chi connectivity index (χ1) is 19.1. The number of fused-ring (bicyclic) bond motifs is 1. The molecule has 0 spiro atoms. The van der Waals surface area contributed by atoms with Gasteiger partial charge in [-0.1, -0.05) is 23.7 Å². The SMILES string of the molecule is N#Cc1ccc2c(c1)nc(CN1CCC(Oc3ccnc(Cc4ccc(Cl)cc4)n3)CC1)n2Cc1cn[nH]c1. The van der Waals surface area contributed by atoms with Gasteiger partial charge in [0.1, 0.15) is 17.8 Å². The molecule has 1 N–H and O–H groups in total. The molecule has 1 saturated heterocycles. The number of hydrogen-bond acceptors (Lipinski definition) is 7. The first kappa shape index (κ1) is 25.0. The molecule has 0 atom stereocenters. The Morgan fingerprint density at radius 1 is 1.03 bits per heavy atom. The van der Waals surface area contributed by atoms with Gasteiger partial charge in [-0.05, 0) is 48.7 Å². The number of likely N-dealkylation sites (tertiary alicyclic amines) is 1. The van der Waals surface area contributed by atoms with Crippen LogP contribution in [-0.2, 0) is 19.5 Å². The lowest BCUT2D eigenvalue weighted by Gasteiger charge is -2.31. The maximum Gasteiger partial charge on any atom is 0.216 e. The van der Waals surface area contributed by atoms with Crippen LogP contribution < -0.4 is 4.74 Å². The third-order valence-corrected chi connectivity index (χ3v) is 7.25. The highest BCUT2D eigenvalue weighted by atomic mass is 35.5. The lowest BCUT2D eigenvalue weighted by molar-refractivity contribution is 0.0911. The van der Waals surface area contributed by atoms with E-state index in [1.54, 1.807) is 6.20 Å². The zero-order chi connectivity index (χ0) is 26.6. The van der Waals surface area contributed by atoms with Gasteiger partial charge in [0.05, 0.1) is 42.0 Å². The summed E-state index contributed by atoms with van der Waals surface area (Å²) in [5.74, 6) is 2.31. The average molecular weight is 539 g/mol. The van der Waals surface area contributed by atoms with Crippen LogP contribution in [0.1, 0.15) is 41.2 Å². The minimum Gasteiger partial charge on any atom is -0.474 e. The lowest BCUT2D eigenvalue weighted by Crippen LogP contribution is -2.38. The number of ether oxygens (including phenoxy) is 1. The van der Waals surface area contributed by atoms with Crippen molar-refractivity contribution in [1.29, 1.82) is 5.26 Å². The normalized spacial score (nSPS) is 14.5. The van der Waals surface area contributed by atoms with Crippen molar-refractivity contribution in [3.05, 3.63) is 100 Å². The number of aromatic nitrogens is 6. The summed E-state index contributed by atoms with van der Waals surface area (Å²) >= 11 is 6.00. The third-order valence-electron chi connectivity index (χ3n) is 6.99. The van der Waals surface area contributed by atoms with Gasteiger partial charge in [0, 0.05) is 48.6 Å². The van der Waals surface area contributed by atoms with Gasteiger partial charge >= 0.3 is 0 Å². The third kappa shape index (κ3) is 5.93. The van der Waals surface area contributed by atoms with Crippen molar-refractivity contribution in [2.75, 3.05) is 13.1 Å². The summed E-state index contributed by atoms with van der Waals surface area (Å²) in [5, 5.41) is 17.0. The van der Waals surface area contributed by atoms with Crippen molar-refractivity contribution < 1.29 is 4.74 Å². The Labute approximate surface area is 231 Å². The molecule has 0 unspecified atom stereocenters. The second kappa shape index (κ2) is 11.2. The second-order valence-electron chi connectivity index (χ2n) is 9.74. The van der Waals surface area contributed by atoms with Crippen LogP contribution in [0.5, 0.6) is 5.88 Å². The maximum absolute atomic E-state index is 9.33. The van der Waals surface area contributed by atoms with Crippen LogP contribution in [0.25, 0.3) is 11.0 Å². The van der Waals surface area contributed by atoms with Gasteiger partial charge in [-0.25, -0.2) is 9.97 Å². The van der Waals surface area contributed by atoms with Crippen molar-refractivity contribution >= 4 is 22.6 Å². The number of hydrogen-bond donors (Lipinski definition) is 1. The standard InChI is InChI=1S/C29H27ClN8O/c30-23-4-1-20(2-5-23)14-27-32-10-7-29(36-27)39-24-8-11-37(12-9-24)19-28-35-25-13-21(15-31)3-6-26(25)38(28)18-22-16-33-34-17-22/h1-7,10,13,16-17,24H,8-9,11-12,14,18-19H2,(H,33,34). The molecule has 1 aliphatic rings. The van der Waals surface area contributed by atoms with Crippen LogP contribution in [0.2, 0.25) is 5.02 Å². The number of benzene rings is 2. The van der Waals surface area contributed by atoms with E-state index in [0.29, 0.717) is 29.4 Å². The van der Waals surface area contributed by atoms with E-state index in [9.17, 15) is 5.26 Å².